The molecule has 0 amide bonds. The predicted octanol–water partition coefficient (Wildman–Crippen LogP) is 6.08. The molecule has 0 N–H and O–H groups in total. The van der Waals surface area contributed by atoms with Gasteiger partial charge in [-0.15, -0.1) is 0 Å². The topological polar surface area (TPSA) is 44.9 Å². The fourth-order valence-electron chi connectivity index (χ4n) is 4.50. The van der Waals surface area contributed by atoms with E-state index in [-0.39, 0.29) is 5.82 Å². The van der Waals surface area contributed by atoms with Crippen molar-refractivity contribution in [3.8, 4) is 23.0 Å². The summed E-state index contributed by atoms with van der Waals surface area (Å²) in [5.41, 5.74) is 4.85. The third-order valence-corrected chi connectivity index (χ3v) is 7.04. The van der Waals surface area contributed by atoms with Crippen LogP contribution in [0.2, 0.25) is 0 Å². The van der Waals surface area contributed by atoms with Crippen molar-refractivity contribution >= 4 is 25.8 Å². The SMILES string of the molecule is Cc1cc(C)n(-c2cccc(Oc3ccc4c5ccccc5n(-c5cc(F)ccn5)c4[c]3[Pt])c2)n1. The molecule has 0 radical (unpaired) electrons. The van der Waals surface area contributed by atoms with Crippen LogP contribution in [0.25, 0.3) is 33.3 Å². The minimum atomic E-state index is -0.329. The van der Waals surface area contributed by atoms with E-state index < -0.39 is 0 Å². The van der Waals surface area contributed by atoms with Crippen LogP contribution in [0.1, 0.15) is 11.4 Å². The van der Waals surface area contributed by atoms with E-state index in [1.54, 1.807) is 0 Å². The van der Waals surface area contributed by atoms with Crippen molar-refractivity contribution < 1.29 is 28.9 Å². The van der Waals surface area contributed by atoms with Crippen LogP contribution < -0.4 is 8.69 Å². The van der Waals surface area contributed by atoms with Crippen LogP contribution in [0.3, 0.4) is 0 Å². The van der Waals surface area contributed by atoms with Crippen molar-refractivity contribution in [3.63, 3.8) is 0 Å². The van der Waals surface area contributed by atoms with E-state index in [0.717, 1.165) is 42.8 Å². The summed E-state index contributed by atoms with van der Waals surface area (Å²) in [6.07, 6.45) is 1.49. The van der Waals surface area contributed by atoms with Gasteiger partial charge in [0.25, 0.3) is 0 Å². The summed E-state index contributed by atoms with van der Waals surface area (Å²) >= 11 is 2.28. The first kappa shape index (κ1) is 21.8. The molecule has 6 rings (SSSR count). The molecule has 0 spiro atoms. The number of pyridine rings is 1. The fourth-order valence-corrected chi connectivity index (χ4v) is 5.37. The third-order valence-electron chi connectivity index (χ3n) is 5.95. The first-order valence-corrected chi connectivity index (χ1v) is 12.3. The van der Waals surface area contributed by atoms with Crippen LogP contribution in [0, 0.1) is 19.7 Å². The predicted molar refractivity (Wildman–Crippen MR) is 131 cm³/mol. The number of rotatable bonds is 4. The number of para-hydroxylation sites is 1. The first-order chi connectivity index (χ1) is 17.0. The van der Waals surface area contributed by atoms with E-state index in [1.807, 2.05) is 77.7 Å². The number of fused-ring (bicyclic) bond motifs is 3. The Morgan fingerprint density at radius 3 is 2.54 bits per heavy atom. The summed E-state index contributed by atoms with van der Waals surface area (Å²) in [6, 6.07) is 24.8. The number of benzene rings is 3. The number of halogens is 1. The van der Waals surface area contributed by atoms with E-state index >= 15 is 0 Å². The molecule has 0 saturated heterocycles. The summed E-state index contributed by atoms with van der Waals surface area (Å²) in [5, 5.41) is 6.71. The van der Waals surface area contributed by atoms with Gasteiger partial charge in [0.05, 0.1) is 0 Å². The quantitative estimate of drug-likeness (QED) is 0.234. The van der Waals surface area contributed by atoms with Gasteiger partial charge in [-0.05, 0) is 0 Å². The van der Waals surface area contributed by atoms with Crippen LogP contribution in [-0.4, -0.2) is 19.3 Å². The Bertz CT molecular complexity index is 1740. The molecule has 35 heavy (non-hydrogen) atoms. The number of aryl methyl sites for hydroxylation is 2. The van der Waals surface area contributed by atoms with Gasteiger partial charge in [-0.3, -0.25) is 0 Å². The molecular formula is C28H20FN4OPt. The van der Waals surface area contributed by atoms with Crippen LogP contribution in [0.4, 0.5) is 4.39 Å². The van der Waals surface area contributed by atoms with Crippen molar-refractivity contribution in [1.82, 2.24) is 19.3 Å². The number of hydrogen-bond donors (Lipinski definition) is 0. The zero-order valence-corrected chi connectivity index (χ0v) is 21.2. The van der Waals surface area contributed by atoms with Gasteiger partial charge in [0.15, 0.2) is 0 Å². The summed E-state index contributed by atoms with van der Waals surface area (Å²) in [7, 11) is 0. The molecule has 175 valence electrons. The summed E-state index contributed by atoms with van der Waals surface area (Å²) in [5.74, 6) is 1.62. The van der Waals surface area contributed by atoms with Crippen LogP contribution in [0.5, 0.6) is 11.5 Å². The third kappa shape index (κ3) is 3.75. The summed E-state index contributed by atoms with van der Waals surface area (Å²) in [6.45, 7) is 4.01. The molecule has 0 bridgehead atoms. The Morgan fingerprint density at radius 2 is 1.74 bits per heavy atom. The molecule has 0 unspecified atom stereocenters. The van der Waals surface area contributed by atoms with Gasteiger partial charge in [-0.25, -0.2) is 0 Å². The first-order valence-electron chi connectivity index (χ1n) is 11.1. The van der Waals surface area contributed by atoms with Crippen LogP contribution >= 0.6 is 0 Å². The molecular weight excluding hydrogens is 622 g/mol. The van der Waals surface area contributed by atoms with Gasteiger partial charge in [-0.1, -0.05) is 0 Å². The Labute approximate surface area is 212 Å². The molecule has 0 aliphatic carbocycles. The maximum absolute atomic E-state index is 14.1. The summed E-state index contributed by atoms with van der Waals surface area (Å²) < 4.78 is 25.3. The molecule has 0 atom stereocenters. The zero-order chi connectivity index (χ0) is 24.1. The van der Waals surface area contributed by atoms with Crippen LogP contribution in [0.15, 0.2) is 85.1 Å². The Balaban J connectivity index is 1.51. The normalized spacial score (nSPS) is 11.5. The van der Waals surface area contributed by atoms with Gasteiger partial charge < -0.3 is 0 Å². The van der Waals surface area contributed by atoms with Gasteiger partial charge >= 0.3 is 213 Å². The maximum atomic E-state index is 14.1. The van der Waals surface area contributed by atoms with Gasteiger partial charge in [-0.2, -0.15) is 0 Å². The van der Waals surface area contributed by atoms with Gasteiger partial charge in [0.1, 0.15) is 0 Å². The Morgan fingerprint density at radius 1 is 0.886 bits per heavy atom. The van der Waals surface area contributed by atoms with Crippen molar-refractivity contribution in [2.75, 3.05) is 0 Å². The van der Waals surface area contributed by atoms with Crippen molar-refractivity contribution in [3.05, 3.63) is 102 Å². The number of ether oxygens (including phenoxy) is 1. The van der Waals surface area contributed by atoms with E-state index in [0.29, 0.717) is 17.3 Å². The van der Waals surface area contributed by atoms with E-state index in [1.165, 1.54) is 18.3 Å². The van der Waals surface area contributed by atoms with Gasteiger partial charge in [0.2, 0.25) is 0 Å². The molecule has 7 heteroatoms. The number of nitrogens with zero attached hydrogens (tertiary/aromatic N) is 4. The Hall–Kier alpha value is -3.76. The van der Waals surface area contributed by atoms with Crippen LogP contribution in [-0.2, 0) is 19.8 Å². The Kier molecular flexibility index (Phi) is 5.26. The van der Waals surface area contributed by atoms with Gasteiger partial charge in [0, 0.05) is 0 Å². The van der Waals surface area contributed by atoms with Crippen molar-refractivity contribution in [1.29, 1.82) is 0 Å². The molecule has 0 saturated carbocycles. The number of aromatic nitrogens is 4. The average molecular weight is 643 g/mol. The monoisotopic (exact) mass is 642 g/mol. The molecule has 0 fully saturated rings. The second kappa shape index (κ2) is 8.47. The standard InChI is InChI=1S/C28H20FN4O.Pt/c1-18-14-19(2)33(31-18)21-6-5-7-22(16-21)34-23-10-11-25-24-8-3-4-9-26(24)32(27(25)17-23)28-15-20(29)12-13-30-28;/h3-16H,1-2H3;. The minimum absolute atomic E-state index is 0.329. The van der Waals surface area contributed by atoms with Crippen molar-refractivity contribution in [2.24, 2.45) is 0 Å². The average Bonchev–Trinajstić information content (AvgIpc) is 3.38. The van der Waals surface area contributed by atoms with Crippen molar-refractivity contribution in [2.45, 2.75) is 13.8 Å². The molecule has 3 aromatic carbocycles. The van der Waals surface area contributed by atoms with E-state index in [9.17, 15) is 4.39 Å². The fraction of sp³-hybridized carbons (Fsp3) is 0.0714. The number of hydrogen-bond acceptors (Lipinski definition) is 3. The molecule has 0 aliphatic heterocycles. The molecule has 3 heterocycles. The molecule has 6 aromatic rings. The summed E-state index contributed by atoms with van der Waals surface area (Å²) in [4.78, 5) is 4.46. The second-order valence-corrected chi connectivity index (χ2v) is 9.50. The van der Waals surface area contributed by atoms with E-state index in [2.05, 4.69) is 42.0 Å². The molecule has 5 nitrogen and oxygen atoms in total. The zero-order valence-electron chi connectivity index (χ0n) is 19.0. The molecule has 3 aromatic heterocycles. The molecule has 0 aliphatic rings. The second-order valence-electron chi connectivity index (χ2n) is 8.37. The van der Waals surface area contributed by atoms with E-state index in [4.69, 9.17) is 4.74 Å².